The van der Waals surface area contributed by atoms with Gasteiger partial charge in [-0.25, -0.2) is 20.6 Å². The van der Waals surface area contributed by atoms with Gasteiger partial charge in [-0.2, -0.15) is 19.2 Å². The van der Waals surface area contributed by atoms with Crippen molar-refractivity contribution < 1.29 is 43.2 Å². The summed E-state index contributed by atoms with van der Waals surface area (Å²) in [5.41, 5.74) is -4.30. The van der Waals surface area contributed by atoms with E-state index in [0.29, 0.717) is 0 Å². The van der Waals surface area contributed by atoms with Crippen LogP contribution in [0.15, 0.2) is 60.7 Å². The molecule has 0 spiro atoms. The average molecular weight is 412 g/mol. The molecule has 0 heterocycles. The Bertz CT molecular complexity index is 813. The van der Waals surface area contributed by atoms with Gasteiger partial charge in [0.15, 0.2) is 10.1 Å². The smallest absolute Gasteiger partial charge is 0.741 e. The molecule has 3 nitrogen and oxygen atoms in total. The second kappa shape index (κ2) is 10.4. The molecule has 0 radical (unpaired) electrons. The van der Waals surface area contributed by atoms with Gasteiger partial charge < -0.3 is 4.55 Å². The summed E-state index contributed by atoms with van der Waals surface area (Å²) in [6, 6.07) is 14.8. The van der Waals surface area contributed by atoms with Gasteiger partial charge in [-0.15, -0.1) is 6.42 Å². The van der Waals surface area contributed by atoms with Crippen LogP contribution in [0.5, 0.6) is 0 Å². The summed E-state index contributed by atoms with van der Waals surface area (Å²) in [5.74, 6) is 0. The van der Waals surface area contributed by atoms with Crippen LogP contribution in [-0.4, -0.2) is 18.5 Å². The second-order valence-corrected chi connectivity index (χ2v) is 6.07. The Hall–Kier alpha value is -1.60. The van der Waals surface area contributed by atoms with Crippen LogP contribution in [0.4, 0.5) is 13.2 Å². The van der Waals surface area contributed by atoms with E-state index in [0.717, 1.165) is 6.42 Å². The first-order chi connectivity index (χ1) is 11.1. The summed E-state index contributed by atoms with van der Waals surface area (Å²) in [4.78, 5) is 0. The third kappa shape index (κ3) is 8.36. The summed E-state index contributed by atoms with van der Waals surface area (Å²) < 4.78 is 58.9. The summed E-state index contributed by atoms with van der Waals surface area (Å²) in [5, 5.41) is 2.68. The minimum atomic E-state index is -6.09. The first-order valence-electron chi connectivity index (χ1n) is 6.81. The van der Waals surface area contributed by atoms with Crippen LogP contribution in [-0.2, 0) is 27.2 Å². The van der Waals surface area contributed by atoms with Gasteiger partial charge in [-0.05, 0) is 23.3 Å². The number of hydrogen-bond donors (Lipinski definition) is 0. The van der Waals surface area contributed by atoms with Crippen LogP contribution in [0.3, 0.4) is 0 Å². The molecule has 2 aromatic rings. The molecule has 136 valence electrons. The van der Waals surface area contributed by atoms with Crippen molar-refractivity contribution in [2.75, 3.05) is 0 Å². The normalized spacial score (nSPS) is 12.5. The Morgan fingerprint density at radius 3 is 2.04 bits per heavy atom. The third-order valence-electron chi connectivity index (χ3n) is 2.88. The van der Waals surface area contributed by atoms with Crippen molar-refractivity contribution in [3.8, 4) is 0 Å². The maximum absolute atomic E-state index is 10.7. The Labute approximate surface area is 155 Å². The van der Waals surface area contributed by atoms with E-state index in [1.807, 2.05) is 12.2 Å². The molecule has 3 rings (SSSR count). The fourth-order valence-corrected chi connectivity index (χ4v) is 1.73. The first-order valence-corrected chi connectivity index (χ1v) is 8.22. The maximum atomic E-state index is 10.7. The van der Waals surface area contributed by atoms with E-state index in [2.05, 4.69) is 61.5 Å². The van der Waals surface area contributed by atoms with Crippen LogP contribution in [0.1, 0.15) is 12.0 Å². The summed E-state index contributed by atoms with van der Waals surface area (Å²) in [6.45, 7) is 2.14. The van der Waals surface area contributed by atoms with Crippen molar-refractivity contribution in [3.05, 3.63) is 72.3 Å². The number of alkyl halides is 3. The molecular weight excluding hydrogens is 397 g/mol. The Kier molecular flexibility index (Phi) is 9.74. The number of benzene rings is 2. The Balaban J connectivity index is 0.000000365. The Morgan fingerprint density at radius 1 is 1.08 bits per heavy atom. The van der Waals surface area contributed by atoms with E-state index in [4.69, 9.17) is 13.0 Å². The van der Waals surface area contributed by atoms with Crippen LogP contribution < -0.4 is 0 Å². The van der Waals surface area contributed by atoms with E-state index in [1.165, 1.54) is 16.3 Å². The van der Waals surface area contributed by atoms with E-state index in [9.17, 15) is 13.2 Å². The van der Waals surface area contributed by atoms with Gasteiger partial charge in [-0.1, -0.05) is 42.5 Å². The molecule has 1 aliphatic rings. The van der Waals surface area contributed by atoms with E-state index in [1.54, 1.807) is 0 Å². The average Bonchev–Trinajstić information content (AvgIpc) is 3.06. The molecule has 0 saturated carbocycles. The fraction of sp³-hybridized carbons (Fsp3) is 0.176. The molecule has 2 aromatic carbocycles. The van der Waals surface area contributed by atoms with Crippen molar-refractivity contribution in [1.29, 1.82) is 0 Å². The van der Waals surface area contributed by atoms with E-state index >= 15 is 0 Å². The van der Waals surface area contributed by atoms with Crippen LogP contribution in [0, 0.1) is 13.0 Å². The zero-order valence-electron chi connectivity index (χ0n) is 13.1. The van der Waals surface area contributed by atoms with Gasteiger partial charge in [0.2, 0.25) is 0 Å². The molecule has 0 N–H and O–H groups in total. The fourth-order valence-electron chi connectivity index (χ4n) is 1.73. The predicted octanol–water partition coefficient (Wildman–Crippen LogP) is 4.50. The molecule has 0 amide bonds. The molecule has 0 atom stereocenters. The van der Waals surface area contributed by atoms with Crippen molar-refractivity contribution in [1.82, 2.24) is 0 Å². The van der Waals surface area contributed by atoms with Gasteiger partial charge >= 0.3 is 22.6 Å². The van der Waals surface area contributed by atoms with Gasteiger partial charge in [0.05, 0.1) is 0 Å². The molecule has 0 aliphatic heterocycles. The topological polar surface area (TPSA) is 57.2 Å². The third-order valence-corrected chi connectivity index (χ3v) is 3.44. The number of fused-ring (bicyclic) bond motifs is 1. The Morgan fingerprint density at radius 2 is 1.64 bits per heavy atom. The molecule has 8 heteroatoms. The van der Waals surface area contributed by atoms with Crippen LogP contribution in [0.25, 0.3) is 10.8 Å². The molecule has 0 unspecified atom stereocenters. The molecule has 1 aliphatic carbocycles. The van der Waals surface area contributed by atoms with Gasteiger partial charge in [0.25, 0.3) is 0 Å². The van der Waals surface area contributed by atoms with Crippen molar-refractivity contribution >= 4 is 20.9 Å². The summed E-state index contributed by atoms with van der Waals surface area (Å²) in [6.07, 6.45) is 10.0. The zero-order valence-corrected chi connectivity index (χ0v) is 15.0. The molecule has 0 bridgehead atoms. The number of rotatable bonds is 0. The largest absolute Gasteiger partial charge is 2.00 e. The summed E-state index contributed by atoms with van der Waals surface area (Å²) >= 11 is 0. The van der Waals surface area contributed by atoms with Gasteiger partial charge in [0.1, 0.15) is 0 Å². The quantitative estimate of drug-likeness (QED) is 0.277. The van der Waals surface area contributed by atoms with Crippen molar-refractivity contribution in [2.24, 2.45) is 0 Å². The number of halogens is 3. The molecular formula is C17H15F3FeO3S. The molecule has 0 fully saturated rings. The number of allylic oxidation sites excluding steroid dienone is 4. The monoisotopic (exact) mass is 412 g/mol. The van der Waals surface area contributed by atoms with Gasteiger partial charge in [0, 0.05) is 0 Å². The number of hydrogen-bond acceptors (Lipinski definition) is 3. The molecule has 0 saturated heterocycles. The molecule has 25 heavy (non-hydrogen) atoms. The zero-order chi connectivity index (χ0) is 18.2. The minimum absolute atomic E-state index is 0. The maximum Gasteiger partial charge on any atom is 2.00 e. The van der Waals surface area contributed by atoms with Crippen molar-refractivity contribution in [3.63, 3.8) is 0 Å². The summed E-state index contributed by atoms with van der Waals surface area (Å²) in [7, 11) is -6.09. The SMILES string of the molecule is Cc1cccc2ccccc12.O=S(=O)([O-])C(F)(F)F.[C-]1=CC=CC1.[Fe+2]. The molecule has 0 aromatic heterocycles. The first kappa shape index (κ1) is 23.4. The van der Waals surface area contributed by atoms with Crippen LogP contribution in [0.2, 0.25) is 0 Å². The van der Waals surface area contributed by atoms with Crippen LogP contribution >= 0.6 is 0 Å². The van der Waals surface area contributed by atoms with E-state index < -0.39 is 15.6 Å². The van der Waals surface area contributed by atoms with Crippen molar-refractivity contribution in [2.45, 2.75) is 18.9 Å². The standard InChI is InChI=1S/C11H10.C5H5.CHF3O3S.Fe/c1-9-5-4-7-10-6-2-3-8-11(9)10;1-2-4-5-3-1;2-1(3,4)8(5,6)7;/h2-8H,1H3;1-3H,4H2;(H,5,6,7);/q;-1;;+2/p-1. The van der Waals surface area contributed by atoms with E-state index in [-0.39, 0.29) is 17.1 Å². The number of aryl methyl sites for hydroxylation is 1. The van der Waals surface area contributed by atoms with Gasteiger partial charge in [-0.3, -0.25) is 6.08 Å². The second-order valence-electron chi connectivity index (χ2n) is 4.70. The minimum Gasteiger partial charge on any atom is -0.741 e. The predicted molar refractivity (Wildman–Crippen MR) is 86.0 cm³/mol.